The molecule has 3 aliphatic rings. The molecular weight excluding hydrogens is 368 g/mol. The van der Waals surface area contributed by atoms with Crippen LogP contribution in [0.2, 0.25) is 0 Å². The number of ether oxygens (including phenoxy) is 2. The van der Waals surface area contributed by atoms with Crippen molar-refractivity contribution in [2.75, 3.05) is 0 Å². The van der Waals surface area contributed by atoms with Gasteiger partial charge in [-0.25, -0.2) is 0 Å². The molecule has 0 bridgehead atoms. The van der Waals surface area contributed by atoms with Crippen LogP contribution in [0.4, 0.5) is 0 Å². The quantitative estimate of drug-likeness (QED) is 0.672. The predicted molar refractivity (Wildman–Crippen MR) is 111 cm³/mol. The summed E-state index contributed by atoms with van der Waals surface area (Å²) in [4.78, 5) is 24.2. The topological polar surface area (TPSA) is 72.8 Å². The maximum absolute atomic E-state index is 12.5. The van der Waals surface area contributed by atoms with Gasteiger partial charge in [0.25, 0.3) is 0 Å². The van der Waals surface area contributed by atoms with Gasteiger partial charge in [-0.05, 0) is 49.0 Å². The van der Waals surface area contributed by atoms with Crippen molar-refractivity contribution in [1.29, 1.82) is 0 Å². The highest BCUT2D eigenvalue weighted by Gasteiger charge is 2.42. The molecule has 1 fully saturated rings. The van der Waals surface area contributed by atoms with E-state index >= 15 is 0 Å². The molecule has 5 nitrogen and oxygen atoms in total. The van der Waals surface area contributed by atoms with Gasteiger partial charge in [0.1, 0.15) is 12.2 Å². The van der Waals surface area contributed by atoms with Gasteiger partial charge in [-0.15, -0.1) is 0 Å². The lowest BCUT2D eigenvalue weighted by molar-refractivity contribution is -0.162. The SMILES string of the molecule is CC[C@H](C)C(=O)OC1CC(C)C=C2C=C[C@H](C)[C@H](CC[C@@H]3C[C@@H](O)CC(=O)O3)[C@H]21. The van der Waals surface area contributed by atoms with Gasteiger partial charge in [-0.3, -0.25) is 9.59 Å². The van der Waals surface area contributed by atoms with E-state index in [4.69, 9.17) is 9.47 Å². The summed E-state index contributed by atoms with van der Waals surface area (Å²) in [5.74, 6) is 0.755. The van der Waals surface area contributed by atoms with Crippen LogP contribution >= 0.6 is 0 Å². The smallest absolute Gasteiger partial charge is 0.308 e. The molecule has 1 N–H and O–H groups in total. The van der Waals surface area contributed by atoms with Crippen LogP contribution in [0, 0.1) is 29.6 Å². The molecule has 0 amide bonds. The third-order valence-electron chi connectivity index (χ3n) is 6.93. The van der Waals surface area contributed by atoms with Gasteiger partial charge in [-0.1, -0.05) is 45.9 Å². The molecule has 0 aromatic rings. The molecule has 29 heavy (non-hydrogen) atoms. The van der Waals surface area contributed by atoms with Crippen LogP contribution in [0.25, 0.3) is 0 Å². The Bertz CT molecular complexity index is 666. The molecule has 2 unspecified atom stereocenters. The summed E-state index contributed by atoms with van der Waals surface area (Å²) >= 11 is 0. The van der Waals surface area contributed by atoms with Crippen LogP contribution < -0.4 is 0 Å². The van der Waals surface area contributed by atoms with Crippen LogP contribution in [0.15, 0.2) is 23.8 Å². The molecule has 2 aliphatic carbocycles. The first-order chi connectivity index (χ1) is 13.8. The van der Waals surface area contributed by atoms with Gasteiger partial charge < -0.3 is 14.6 Å². The minimum atomic E-state index is -0.597. The highest BCUT2D eigenvalue weighted by Crippen LogP contribution is 2.45. The number of hydrogen-bond donors (Lipinski definition) is 1. The largest absolute Gasteiger partial charge is 0.462 e. The molecule has 5 heteroatoms. The van der Waals surface area contributed by atoms with Crippen molar-refractivity contribution < 1.29 is 24.2 Å². The fourth-order valence-corrected chi connectivity index (χ4v) is 5.07. The zero-order chi connectivity index (χ0) is 21.1. The number of aliphatic hydroxyl groups is 1. The average Bonchev–Trinajstić information content (AvgIpc) is 2.65. The number of carbonyl (C=O) groups is 2. The van der Waals surface area contributed by atoms with Crippen molar-refractivity contribution >= 4 is 11.9 Å². The van der Waals surface area contributed by atoms with Gasteiger partial charge >= 0.3 is 11.9 Å². The van der Waals surface area contributed by atoms with E-state index < -0.39 is 6.10 Å². The van der Waals surface area contributed by atoms with Gasteiger partial charge in [0, 0.05) is 12.3 Å². The fraction of sp³-hybridized carbons (Fsp3) is 0.750. The van der Waals surface area contributed by atoms with Gasteiger partial charge in [0.05, 0.1) is 18.4 Å². The van der Waals surface area contributed by atoms with Crippen LogP contribution in [0.5, 0.6) is 0 Å². The molecule has 1 aliphatic heterocycles. The first-order valence-corrected chi connectivity index (χ1v) is 11.3. The summed E-state index contributed by atoms with van der Waals surface area (Å²) in [6.45, 7) is 8.33. The van der Waals surface area contributed by atoms with Crippen LogP contribution in [-0.4, -0.2) is 35.4 Å². The van der Waals surface area contributed by atoms with Gasteiger partial charge in [0.15, 0.2) is 0 Å². The first-order valence-electron chi connectivity index (χ1n) is 11.3. The summed E-state index contributed by atoms with van der Waals surface area (Å²) in [5, 5.41) is 9.89. The van der Waals surface area contributed by atoms with E-state index in [1.807, 2.05) is 13.8 Å². The average molecular weight is 405 g/mol. The standard InChI is InChI=1S/C24H36O5/c1-5-15(3)24(27)29-21-11-14(2)10-17-7-6-16(4)20(23(17)21)9-8-19-12-18(25)13-22(26)28-19/h6-7,10,14-16,18-21,23,25H,5,8-9,11-13H2,1-4H3/t14?,15-,16-,18+,19+,20-,21?,23-/m0/s1. The number of carbonyl (C=O) groups excluding carboxylic acids is 2. The molecule has 3 rings (SSSR count). The third-order valence-corrected chi connectivity index (χ3v) is 6.93. The molecule has 1 saturated heterocycles. The Kier molecular flexibility index (Phi) is 7.20. The van der Waals surface area contributed by atoms with Crippen molar-refractivity contribution in [1.82, 2.24) is 0 Å². The van der Waals surface area contributed by atoms with Crippen molar-refractivity contribution in [3.05, 3.63) is 23.8 Å². The molecule has 0 aromatic heterocycles. The molecule has 8 atom stereocenters. The summed E-state index contributed by atoms with van der Waals surface area (Å²) in [7, 11) is 0. The van der Waals surface area contributed by atoms with Crippen molar-refractivity contribution in [3.8, 4) is 0 Å². The Morgan fingerprint density at radius 1 is 1.31 bits per heavy atom. The summed E-state index contributed by atoms with van der Waals surface area (Å²) < 4.78 is 11.5. The highest BCUT2D eigenvalue weighted by molar-refractivity contribution is 5.72. The van der Waals surface area contributed by atoms with E-state index in [1.54, 1.807) is 0 Å². The van der Waals surface area contributed by atoms with Crippen LogP contribution in [0.1, 0.15) is 66.2 Å². The van der Waals surface area contributed by atoms with Crippen molar-refractivity contribution in [2.45, 2.75) is 84.5 Å². The minimum absolute atomic E-state index is 0.0854. The molecular formula is C24H36O5. The molecule has 0 radical (unpaired) electrons. The Balaban J connectivity index is 1.74. The number of allylic oxidation sites excluding steroid dienone is 3. The van der Waals surface area contributed by atoms with Crippen molar-refractivity contribution in [3.63, 3.8) is 0 Å². The number of cyclic esters (lactones) is 1. The number of hydrogen-bond acceptors (Lipinski definition) is 5. The van der Waals surface area contributed by atoms with E-state index in [9.17, 15) is 14.7 Å². The summed E-state index contributed by atoms with van der Waals surface area (Å²) in [6, 6.07) is 0. The molecule has 1 heterocycles. The van der Waals surface area contributed by atoms with E-state index in [1.165, 1.54) is 5.57 Å². The second-order valence-corrected chi connectivity index (χ2v) is 9.36. The Morgan fingerprint density at radius 3 is 2.76 bits per heavy atom. The number of fused-ring (bicyclic) bond motifs is 1. The Hall–Kier alpha value is -1.62. The minimum Gasteiger partial charge on any atom is -0.462 e. The molecule has 0 saturated carbocycles. The van der Waals surface area contributed by atoms with Crippen LogP contribution in [-0.2, 0) is 19.1 Å². The molecule has 0 spiro atoms. The van der Waals surface area contributed by atoms with E-state index in [0.29, 0.717) is 24.2 Å². The number of esters is 2. The number of rotatable bonds is 6. The zero-order valence-electron chi connectivity index (χ0n) is 18.2. The third kappa shape index (κ3) is 5.30. The summed E-state index contributed by atoms with van der Waals surface area (Å²) in [6.07, 6.45) is 9.70. The maximum Gasteiger partial charge on any atom is 0.308 e. The predicted octanol–water partition coefficient (Wildman–Crippen LogP) is 4.20. The first kappa shape index (κ1) is 22.1. The van der Waals surface area contributed by atoms with Gasteiger partial charge in [0.2, 0.25) is 0 Å². The second-order valence-electron chi connectivity index (χ2n) is 9.36. The lowest BCUT2D eigenvalue weighted by atomic mass is 9.65. The van der Waals surface area contributed by atoms with Crippen LogP contribution in [0.3, 0.4) is 0 Å². The maximum atomic E-state index is 12.5. The van der Waals surface area contributed by atoms with Crippen molar-refractivity contribution in [2.24, 2.45) is 29.6 Å². The van der Waals surface area contributed by atoms with E-state index in [-0.39, 0.29) is 42.4 Å². The van der Waals surface area contributed by atoms with Gasteiger partial charge in [-0.2, -0.15) is 0 Å². The molecule has 0 aromatic carbocycles. The normalized spacial score (nSPS) is 37.9. The zero-order valence-corrected chi connectivity index (χ0v) is 18.2. The monoisotopic (exact) mass is 404 g/mol. The lowest BCUT2D eigenvalue weighted by Gasteiger charge is -2.43. The van der Waals surface area contributed by atoms with E-state index in [2.05, 4.69) is 32.1 Å². The molecule has 162 valence electrons. The lowest BCUT2D eigenvalue weighted by Crippen LogP contribution is -2.42. The number of aliphatic hydroxyl groups excluding tert-OH is 1. The second kappa shape index (κ2) is 9.46. The fourth-order valence-electron chi connectivity index (χ4n) is 5.07. The Labute approximate surface area is 174 Å². The van der Waals surface area contributed by atoms with E-state index in [0.717, 1.165) is 25.7 Å². The highest BCUT2D eigenvalue weighted by atomic mass is 16.5. The Morgan fingerprint density at radius 2 is 2.07 bits per heavy atom. The summed E-state index contributed by atoms with van der Waals surface area (Å²) in [5.41, 5.74) is 1.27.